The van der Waals surface area contributed by atoms with Crippen molar-refractivity contribution in [1.29, 1.82) is 0 Å². The van der Waals surface area contributed by atoms with Crippen molar-refractivity contribution in [1.82, 2.24) is 4.98 Å². The van der Waals surface area contributed by atoms with Gasteiger partial charge in [0.1, 0.15) is 4.99 Å². The first-order valence-corrected chi connectivity index (χ1v) is 7.52. The van der Waals surface area contributed by atoms with Crippen molar-refractivity contribution in [3.05, 3.63) is 24.0 Å². The van der Waals surface area contributed by atoms with E-state index in [0.717, 1.165) is 24.2 Å². The molecule has 1 rings (SSSR count). The van der Waals surface area contributed by atoms with E-state index in [-0.39, 0.29) is 0 Å². The van der Waals surface area contributed by atoms with Gasteiger partial charge in [0.2, 0.25) is 0 Å². The second kappa shape index (κ2) is 8.31. The minimum Gasteiger partial charge on any atom is -0.389 e. The van der Waals surface area contributed by atoms with Crippen molar-refractivity contribution in [3.63, 3.8) is 0 Å². The summed E-state index contributed by atoms with van der Waals surface area (Å²) < 4.78 is 0. The molecule has 0 bridgehead atoms. The van der Waals surface area contributed by atoms with E-state index < -0.39 is 0 Å². The smallest absolute Gasteiger partial charge is 0.106 e. The number of hydrogen-bond donors (Lipinski definition) is 2. The zero-order valence-corrected chi connectivity index (χ0v) is 11.7. The molecule has 0 spiro atoms. The molecule has 0 atom stereocenters. The number of rotatable bonds is 8. The number of nitrogens with two attached hydrogens (primary N) is 1. The molecule has 3 nitrogen and oxygen atoms in total. The number of hydrogen-bond acceptors (Lipinski definition) is 4. The van der Waals surface area contributed by atoms with E-state index in [2.05, 4.69) is 16.6 Å². The molecule has 0 radical (unpaired) electrons. The van der Waals surface area contributed by atoms with Crippen LogP contribution in [0.15, 0.2) is 18.5 Å². The lowest BCUT2D eigenvalue weighted by atomic mass is 10.2. The Bertz CT molecular complexity index is 355. The molecule has 0 unspecified atom stereocenters. The average Bonchev–Trinajstić information content (AvgIpc) is 2.34. The van der Waals surface area contributed by atoms with E-state index in [4.69, 9.17) is 18.0 Å². The third-order valence-corrected chi connectivity index (χ3v) is 3.34. The molecule has 17 heavy (non-hydrogen) atoms. The maximum absolute atomic E-state index is 5.65. The Balaban J connectivity index is 2.34. The lowest BCUT2D eigenvalue weighted by molar-refractivity contribution is 0.749. The number of aromatic nitrogens is 1. The molecular weight excluding hydrogens is 250 g/mol. The predicted molar refractivity (Wildman–Crippen MR) is 80.8 cm³/mol. The molecule has 0 aliphatic heterocycles. The van der Waals surface area contributed by atoms with E-state index in [1.807, 2.05) is 17.8 Å². The highest BCUT2D eigenvalue weighted by Crippen LogP contribution is 2.13. The quantitative estimate of drug-likeness (QED) is 0.561. The van der Waals surface area contributed by atoms with Gasteiger partial charge in [0.25, 0.3) is 0 Å². The summed E-state index contributed by atoms with van der Waals surface area (Å²) in [6.45, 7) is 0.940. The highest BCUT2D eigenvalue weighted by molar-refractivity contribution is 7.98. The van der Waals surface area contributed by atoms with Crippen LogP contribution in [0.1, 0.15) is 24.8 Å². The third kappa shape index (κ3) is 5.37. The van der Waals surface area contributed by atoms with Gasteiger partial charge in [-0.25, -0.2) is 0 Å². The highest BCUT2D eigenvalue weighted by Gasteiger charge is 2.03. The van der Waals surface area contributed by atoms with Crippen LogP contribution in [0, 0.1) is 0 Å². The van der Waals surface area contributed by atoms with Crippen molar-refractivity contribution in [2.75, 3.05) is 23.9 Å². The van der Waals surface area contributed by atoms with E-state index in [1.165, 1.54) is 18.6 Å². The summed E-state index contributed by atoms with van der Waals surface area (Å²) >= 11 is 6.89. The number of nitrogens with zero attached hydrogens (tertiary/aromatic N) is 1. The van der Waals surface area contributed by atoms with Gasteiger partial charge in [0.15, 0.2) is 0 Å². The summed E-state index contributed by atoms with van der Waals surface area (Å²) in [5.41, 5.74) is 7.45. The molecule has 0 amide bonds. The number of thiocarbonyl (C=S) groups is 1. The van der Waals surface area contributed by atoms with Crippen LogP contribution in [0.4, 0.5) is 5.69 Å². The molecule has 94 valence electrons. The van der Waals surface area contributed by atoms with E-state index in [0.29, 0.717) is 4.99 Å². The van der Waals surface area contributed by atoms with Crippen LogP contribution < -0.4 is 11.1 Å². The molecule has 0 aliphatic carbocycles. The van der Waals surface area contributed by atoms with Crippen LogP contribution in [0.25, 0.3) is 0 Å². The maximum Gasteiger partial charge on any atom is 0.106 e. The van der Waals surface area contributed by atoms with Gasteiger partial charge in [0.05, 0.1) is 11.9 Å². The molecule has 5 heteroatoms. The molecule has 1 heterocycles. The molecule has 0 aromatic carbocycles. The second-order valence-corrected chi connectivity index (χ2v) is 5.19. The SMILES string of the molecule is CSCCCCCNc1cnccc1C(N)=S. The molecule has 0 saturated carbocycles. The summed E-state index contributed by atoms with van der Waals surface area (Å²) in [5, 5.41) is 3.33. The molecule has 0 fully saturated rings. The summed E-state index contributed by atoms with van der Waals surface area (Å²) in [6, 6.07) is 1.85. The van der Waals surface area contributed by atoms with Crippen molar-refractivity contribution in [2.45, 2.75) is 19.3 Å². The number of anilines is 1. The molecule has 0 saturated heterocycles. The number of unbranched alkanes of at least 4 members (excludes halogenated alkanes) is 2. The zero-order valence-electron chi connectivity index (χ0n) is 10.1. The Hall–Kier alpha value is -0.810. The van der Waals surface area contributed by atoms with E-state index in [1.54, 1.807) is 12.4 Å². The predicted octanol–water partition coefficient (Wildman–Crippen LogP) is 2.66. The van der Waals surface area contributed by atoms with Crippen molar-refractivity contribution < 1.29 is 0 Å². The van der Waals surface area contributed by atoms with Crippen LogP contribution in [-0.4, -0.2) is 28.5 Å². The third-order valence-electron chi connectivity index (χ3n) is 2.43. The van der Waals surface area contributed by atoms with E-state index in [9.17, 15) is 0 Å². The fraction of sp³-hybridized carbons (Fsp3) is 0.500. The van der Waals surface area contributed by atoms with Crippen LogP contribution in [0.5, 0.6) is 0 Å². The van der Waals surface area contributed by atoms with Crippen LogP contribution in [0.3, 0.4) is 0 Å². The van der Waals surface area contributed by atoms with Gasteiger partial charge in [0, 0.05) is 18.3 Å². The minimum atomic E-state index is 0.414. The summed E-state index contributed by atoms with van der Waals surface area (Å²) in [5.74, 6) is 1.24. The van der Waals surface area contributed by atoms with Gasteiger partial charge >= 0.3 is 0 Å². The lowest BCUT2D eigenvalue weighted by Gasteiger charge is -2.10. The number of nitrogens with one attached hydrogen (secondary N) is 1. The summed E-state index contributed by atoms with van der Waals surface area (Å²) in [7, 11) is 0. The van der Waals surface area contributed by atoms with Crippen LogP contribution in [-0.2, 0) is 0 Å². The normalized spacial score (nSPS) is 10.2. The minimum absolute atomic E-state index is 0.414. The first-order chi connectivity index (χ1) is 8.25. The number of thioether (sulfide) groups is 1. The fourth-order valence-corrected chi connectivity index (χ4v) is 2.19. The van der Waals surface area contributed by atoms with Gasteiger partial charge in [-0.3, -0.25) is 4.98 Å². The second-order valence-electron chi connectivity index (χ2n) is 3.77. The molecule has 1 aromatic rings. The largest absolute Gasteiger partial charge is 0.389 e. The van der Waals surface area contributed by atoms with E-state index >= 15 is 0 Å². The van der Waals surface area contributed by atoms with Crippen molar-refractivity contribution in [3.8, 4) is 0 Å². The van der Waals surface area contributed by atoms with Gasteiger partial charge in [-0.1, -0.05) is 18.6 Å². The number of pyridine rings is 1. The Kier molecular flexibility index (Phi) is 6.96. The summed E-state index contributed by atoms with van der Waals surface area (Å²) in [6.07, 6.45) is 9.30. The fourth-order valence-electron chi connectivity index (χ4n) is 1.52. The molecular formula is C12H19N3S2. The standard InChI is InChI=1S/C12H19N3S2/c1-17-8-4-2-3-6-15-11-9-14-7-5-10(11)12(13)16/h5,7,9,15H,2-4,6,8H2,1H3,(H2,13,16). The molecule has 3 N–H and O–H groups in total. The average molecular weight is 269 g/mol. The zero-order chi connectivity index (χ0) is 12.5. The van der Waals surface area contributed by atoms with Crippen LogP contribution >= 0.6 is 24.0 Å². The Labute approximate surface area is 113 Å². The van der Waals surface area contributed by atoms with Gasteiger partial charge in [-0.15, -0.1) is 0 Å². The first-order valence-electron chi connectivity index (χ1n) is 5.72. The Morgan fingerprint density at radius 1 is 1.47 bits per heavy atom. The Morgan fingerprint density at radius 2 is 2.29 bits per heavy atom. The molecule has 1 aromatic heterocycles. The monoisotopic (exact) mass is 269 g/mol. The molecule has 0 aliphatic rings. The summed E-state index contributed by atoms with van der Waals surface area (Å²) in [4.78, 5) is 4.49. The topological polar surface area (TPSA) is 50.9 Å². The van der Waals surface area contributed by atoms with Crippen LogP contribution in [0.2, 0.25) is 0 Å². The Morgan fingerprint density at radius 3 is 3.00 bits per heavy atom. The highest BCUT2D eigenvalue weighted by atomic mass is 32.2. The van der Waals surface area contributed by atoms with Gasteiger partial charge in [-0.2, -0.15) is 11.8 Å². The van der Waals surface area contributed by atoms with Crippen molar-refractivity contribution >= 4 is 34.7 Å². The first kappa shape index (κ1) is 14.3. The maximum atomic E-state index is 5.65. The lowest BCUT2D eigenvalue weighted by Crippen LogP contribution is -2.14. The van der Waals surface area contributed by atoms with Gasteiger partial charge < -0.3 is 11.1 Å². The van der Waals surface area contributed by atoms with Gasteiger partial charge in [-0.05, 0) is 30.9 Å². The van der Waals surface area contributed by atoms with Crippen molar-refractivity contribution in [2.24, 2.45) is 5.73 Å².